The molecule has 3 rings (SSSR count). The molecule has 0 bridgehead atoms. The zero-order chi connectivity index (χ0) is 19.1. The van der Waals surface area contributed by atoms with E-state index in [4.69, 9.17) is 9.47 Å². The van der Waals surface area contributed by atoms with Crippen LogP contribution in [0.5, 0.6) is 0 Å². The zero-order valence-corrected chi connectivity index (χ0v) is 15.3. The first-order valence-corrected chi connectivity index (χ1v) is 10.0. The Hall–Kier alpha value is -1.56. The van der Waals surface area contributed by atoms with Crippen molar-refractivity contribution in [1.29, 1.82) is 0 Å². The molecule has 26 heavy (non-hydrogen) atoms. The smallest absolute Gasteiger partial charge is 0.330 e. The average Bonchev–Trinajstić information content (AvgIpc) is 3.01. The van der Waals surface area contributed by atoms with Crippen molar-refractivity contribution < 1.29 is 22.3 Å². The fourth-order valence-electron chi connectivity index (χ4n) is 3.27. The molecular weight excluding hydrogens is 369 g/mol. The number of H-pyrrole nitrogens is 1. The Bertz CT molecular complexity index is 867. The van der Waals surface area contributed by atoms with Gasteiger partial charge in [-0.25, -0.2) is 17.6 Å². The molecule has 1 aromatic heterocycles. The highest BCUT2D eigenvalue weighted by atomic mass is 32.2. The lowest BCUT2D eigenvalue weighted by molar-refractivity contribution is -0.0617. The molecule has 1 N–H and O–H groups in total. The SMILES string of the molecule is CC(C)O[C@H]1[C@@H](F)[C@H](n2ccc(=O)[nH]c2=O)O[C@@H]1CN1CCCS1(=O)=O. The minimum Gasteiger partial charge on any atom is -0.370 e. The maximum Gasteiger partial charge on any atom is 0.330 e. The van der Waals surface area contributed by atoms with E-state index >= 15 is 4.39 Å². The van der Waals surface area contributed by atoms with Crippen LogP contribution in [0.4, 0.5) is 4.39 Å². The summed E-state index contributed by atoms with van der Waals surface area (Å²) in [6.07, 6.45) is -3.56. The van der Waals surface area contributed by atoms with Crippen molar-refractivity contribution in [3.05, 3.63) is 33.1 Å². The minimum absolute atomic E-state index is 0.0469. The number of aromatic amines is 1. The molecule has 2 fully saturated rings. The van der Waals surface area contributed by atoms with E-state index in [9.17, 15) is 18.0 Å². The largest absolute Gasteiger partial charge is 0.370 e. The van der Waals surface area contributed by atoms with Crippen LogP contribution in [0.3, 0.4) is 0 Å². The molecule has 0 amide bonds. The van der Waals surface area contributed by atoms with Crippen LogP contribution in [0, 0.1) is 0 Å². The van der Waals surface area contributed by atoms with Crippen LogP contribution in [0.15, 0.2) is 21.9 Å². The van der Waals surface area contributed by atoms with Gasteiger partial charge in [-0.1, -0.05) is 0 Å². The van der Waals surface area contributed by atoms with Crippen molar-refractivity contribution >= 4 is 10.0 Å². The number of hydrogen-bond acceptors (Lipinski definition) is 6. The molecule has 4 atom stereocenters. The summed E-state index contributed by atoms with van der Waals surface area (Å²) in [6.45, 7) is 3.76. The molecule has 0 saturated carbocycles. The summed E-state index contributed by atoms with van der Waals surface area (Å²) < 4.78 is 52.6. The molecule has 0 spiro atoms. The molecule has 2 saturated heterocycles. The summed E-state index contributed by atoms with van der Waals surface area (Å²) in [7, 11) is -3.38. The number of nitrogens with zero attached hydrogens (tertiary/aromatic N) is 2. The number of rotatable bonds is 5. The lowest BCUT2D eigenvalue weighted by Crippen LogP contribution is -2.42. The third-order valence-corrected chi connectivity index (χ3v) is 6.33. The fraction of sp³-hybridized carbons (Fsp3) is 0.733. The Morgan fingerprint density at radius 1 is 1.42 bits per heavy atom. The highest BCUT2D eigenvalue weighted by Crippen LogP contribution is 2.34. The van der Waals surface area contributed by atoms with Gasteiger partial charge in [-0.2, -0.15) is 4.31 Å². The summed E-state index contributed by atoms with van der Waals surface area (Å²) in [6, 6.07) is 1.09. The van der Waals surface area contributed by atoms with Gasteiger partial charge in [0.05, 0.1) is 11.9 Å². The van der Waals surface area contributed by atoms with E-state index in [0.29, 0.717) is 13.0 Å². The highest BCUT2D eigenvalue weighted by Gasteiger charge is 2.49. The van der Waals surface area contributed by atoms with Crippen molar-refractivity contribution in [3.8, 4) is 0 Å². The number of nitrogens with one attached hydrogen (secondary N) is 1. The summed E-state index contributed by atoms with van der Waals surface area (Å²) >= 11 is 0. The van der Waals surface area contributed by atoms with Crippen LogP contribution in [-0.2, 0) is 19.5 Å². The summed E-state index contributed by atoms with van der Waals surface area (Å²) in [4.78, 5) is 25.2. The second-order valence-corrected chi connectivity index (χ2v) is 8.79. The third kappa shape index (κ3) is 3.75. The third-order valence-electron chi connectivity index (χ3n) is 4.41. The number of aromatic nitrogens is 2. The molecule has 2 aliphatic heterocycles. The quantitative estimate of drug-likeness (QED) is 0.731. The number of ether oxygens (including phenoxy) is 2. The number of sulfonamides is 1. The topological polar surface area (TPSA) is 111 Å². The van der Waals surface area contributed by atoms with E-state index in [1.807, 2.05) is 0 Å². The van der Waals surface area contributed by atoms with E-state index < -0.39 is 45.9 Å². The van der Waals surface area contributed by atoms with Crippen LogP contribution in [0.1, 0.15) is 26.5 Å². The van der Waals surface area contributed by atoms with Crippen LogP contribution in [0.2, 0.25) is 0 Å². The van der Waals surface area contributed by atoms with Crippen LogP contribution < -0.4 is 11.2 Å². The summed E-state index contributed by atoms with van der Waals surface area (Å²) in [5.41, 5.74) is -1.41. The van der Waals surface area contributed by atoms with Gasteiger partial charge in [-0.05, 0) is 20.3 Å². The highest BCUT2D eigenvalue weighted by molar-refractivity contribution is 7.89. The maximum atomic E-state index is 15.0. The molecule has 9 nitrogen and oxygen atoms in total. The number of halogens is 1. The van der Waals surface area contributed by atoms with Crippen molar-refractivity contribution in [2.75, 3.05) is 18.8 Å². The molecule has 0 aliphatic carbocycles. The van der Waals surface area contributed by atoms with E-state index in [1.165, 1.54) is 4.31 Å². The van der Waals surface area contributed by atoms with Gasteiger partial charge in [0, 0.05) is 25.4 Å². The number of alkyl halides is 1. The summed E-state index contributed by atoms with van der Waals surface area (Å²) in [5, 5.41) is 0. The molecule has 146 valence electrons. The van der Waals surface area contributed by atoms with Crippen molar-refractivity contribution in [2.45, 2.75) is 51.0 Å². The van der Waals surface area contributed by atoms with Gasteiger partial charge in [0.1, 0.15) is 12.2 Å². The van der Waals surface area contributed by atoms with E-state index in [2.05, 4.69) is 4.98 Å². The van der Waals surface area contributed by atoms with Crippen molar-refractivity contribution in [1.82, 2.24) is 13.9 Å². The van der Waals surface area contributed by atoms with Crippen molar-refractivity contribution in [3.63, 3.8) is 0 Å². The Morgan fingerprint density at radius 3 is 2.73 bits per heavy atom. The molecule has 0 radical (unpaired) electrons. The molecule has 2 aliphatic rings. The molecule has 0 unspecified atom stereocenters. The van der Waals surface area contributed by atoms with E-state index in [0.717, 1.165) is 16.8 Å². The predicted molar refractivity (Wildman–Crippen MR) is 90.1 cm³/mol. The first-order valence-electron chi connectivity index (χ1n) is 8.43. The Kier molecular flexibility index (Phi) is 5.33. The Morgan fingerprint density at radius 2 is 2.15 bits per heavy atom. The van der Waals surface area contributed by atoms with Gasteiger partial charge in [0.2, 0.25) is 10.0 Å². The first kappa shape index (κ1) is 19.2. The second-order valence-electron chi connectivity index (χ2n) is 6.70. The molecule has 11 heteroatoms. The van der Waals surface area contributed by atoms with Gasteiger partial charge in [-0.15, -0.1) is 0 Å². The van der Waals surface area contributed by atoms with Crippen LogP contribution >= 0.6 is 0 Å². The monoisotopic (exact) mass is 391 g/mol. The molecular formula is C15H22FN3O6S. The standard InChI is InChI=1S/C15H22FN3O6S/c1-9(2)24-13-10(8-18-5-3-7-26(18,22)23)25-14(12(13)16)19-6-4-11(20)17-15(19)21/h4,6,9-10,12-14H,3,5,7-8H2,1-2H3,(H,17,20,21)/t10-,12-,13-,14-/m1/s1. The van der Waals surface area contributed by atoms with Crippen molar-refractivity contribution in [2.24, 2.45) is 0 Å². The van der Waals surface area contributed by atoms with Crippen LogP contribution in [0.25, 0.3) is 0 Å². The maximum absolute atomic E-state index is 15.0. The van der Waals surface area contributed by atoms with E-state index in [1.54, 1.807) is 13.8 Å². The summed E-state index contributed by atoms with van der Waals surface area (Å²) in [5.74, 6) is 0.0529. The number of hydrogen-bond donors (Lipinski definition) is 1. The molecule has 0 aromatic carbocycles. The first-order chi connectivity index (χ1) is 12.2. The zero-order valence-electron chi connectivity index (χ0n) is 14.5. The van der Waals surface area contributed by atoms with Gasteiger partial charge < -0.3 is 9.47 Å². The molecule has 3 heterocycles. The normalized spacial score (nSPS) is 31.7. The van der Waals surface area contributed by atoms with Gasteiger partial charge in [-0.3, -0.25) is 14.3 Å². The predicted octanol–water partition coefficient (Wildman–Crippen LogP) is -0.399. The lowest BCUT2D eigenvalue weighted by atomic mass is 10.1. The second kappa shape index (κ2) is 7.22. The van der Waals surface area contributed by atoms with Crippen LogP contribution in [-0.4, -0.2) is 65.6 Å². The lowest BCUT2D eigenvalue weighted by Gasteiger charge is -2.25. The Labute approximate surface area is 149 Å². The van der Waals surface area contributed by atoms with E-state index in [-0.39, 0.29) is 18.4 Å². The van der Waals surface area contributed by atoms with Gasteiger partial charge in [0.15, 0.2) is 12.4 Å². The minimum atomic E-state index is -3.38. The fourth-order valence-corrected chi connectivity index (χ4v) is 4.80. The average molecular weight is 391 g/mol. The molecule has 1 aromatic rings. The van der Waals surface area contributed by atoms with Gasteiger partial charge in [0.25, 0.3) is 5.56 Å². The Balaban J connectivity index is 1.88. The van der Waals surface area contributed by atoms with Gasteiger partial charge >= 0.3 is 5.69 Å².